The molecule has 96 valence electrons. The maximum atomic E-state index is 5.67. The van der Waals surface area contributed by atoms with Gasteiger partial charge in [-0.05, 0) is 26.5 Å². The maximum absolute atomic E-state index is 5.67. The first kappa shape index (κ1) is 14.2. The van der Waals surface area contributed by atoms with Gasteiger partial charge in [-0.2, -0.15) is 0 Å². The van der Waals surface area contributed by atoms with Gasteiger partial charge in [0.15, 0.2) is 0 Å². The van der Waals surface area contributed by atoms with Crippen LogP contribution in [0.1, 0.15) is 18.1 Å². The number of likely N-dealkylation sites (N-methyl/N-ethyl adjacent to an activating group) is 1. The first-order valence-corrected chi connectivity index (χ1v) is 6.21. The van der Waals surface area contributed by atoms with Crippen molar-refractivity contribution in [3.05, 3.63) is 35.4 Å². The normalized spacial score (nSPS) is 13.0. The van der Waals surface area contributed by atoms with Gasteiger partial charge in [-0.15, -0.1) is 0 Å². The SMILES string of the molecule is CCOC(CN)CN(C)Cc1ccc(C)cc1. The number of ether oxygens (including phenoxy) is 1. The van der Waals surface area contributed by atoms with Crippen molar-refractivity contribution in [3.8, 4) is 0 Å². The Morgan fingerprint density at radius 1 is 1.29 bits per heavy atom. The molecule has 17 heavy (non-hydrogen) atoms. The first-order valence-electron chi connectivity index (χ1n) is 6.21. The molecule has 0 aliphatic carbocycles. The van der Waals surface area contributed by atoms with Gasteiger partial charge in [0.1, 0.15) is 0 Å². The number of rotatable bonds is 7. The Bertz CT molecular complexity index is 311. The van der Waals surface area contributed by atoms with Crippen LogP contribution in [0.15, 0.2) is 24.3 Å². The second-order valence-corrected chi connectivity index (χ2v) is 4.50. The third-order valence-corrected chi connectivity index (χ3v) is 2.75. The summed E-state index contributed by atoms with van der Waals surface area (Å²) in [5.41, 5.74) is 8.29. The highest BCUT2D eigenvalue weighted by Gasteiger charge is 2.09. The second-order valence-electron chi connectivity index (χ2n) is 4.50. The summed E-state index contributed by atoms with van der Waals surface area (Å²) in [5, 5.41) is 0. The molecule has 1 unspecified atom stereocenters. The molecule has 0 bridgehead atoms. The van der Waals surface area contributed by atoms with E-state index in [1.807, 2.05) is 6.92 Å². The number of hydrogen-bond acceptors (Lipinski definition) is 3. The highest BCUT2D eigenvalue weighted by Crippen LogP contribution is 2.06. The molecule has 0 aromatic heterocycles. The summed E-state index contributed by atoms with van der Waals surface area (Å²) in [6, 6.07) is 8.63. The lowest BCUT2D eigenvalue weighted by Gasteiger charge is -2.23. The molecule has 2 N–H and O–H groups in total. The molecular weight excluding hydrogens is 212 g/mol. The van der Waals surface area contributed by atoms with E-state index in [2.05, 4.69) is 43.1 Å². The molecule has 0 saturated carbocycles. The lowest BCUT2D eigenvalue weighted by molar-refractivity contribution is 0.0437. The van der Waals surface area contributed by atoms with E-state index < -0.39 is 0 Å². The standard InChI is InChI=1S/C14H24N2O/c1-4-17-14(9-15)11-16(3)10-13-7-5-12(2)6-8-13/h5-8,14H,4,9-11,15H2,1-3H3. The third kappa shape index (κ3) is 5.31. The lowest BCUT2D eigenvalue weighted by atomic mass is 10.1. The second kappa shape index (κ2) is 7.43. The van der Waals surface area contributed by atoms with Crippen molar-refractivity contribution in [1.82, 2.24) is 4.90 Å². The Morgan fingerprint density at radius 3 is 2.47 bits per heavy atom. The molecule has 1 rings (SSSR count). The predicted molar refractivity (Wildman–Crippen MR) is 72.0 cm³/mol. The number of nitrogens with zero attached hydrogens (tertiary/aromatic N) is 1. The minimum absolute atomic E-state index is 0.135. The van der Waals surface area contributed by atoms with Gasteiger partial charge in [0.25, 0.3) is 0 Å². The van der Waals surface area contributed by atoms with Gasteiger partial charge in [0.2, 0.25) is 0 Å². The third-order valence-electron chi connectivity index (χ3n) is 2.75. The summed E-state index contributed by atoms with van der Waals surface area (Å²) < 4.78 is 5.55. The van der Waals surface area contributed by atoms with Crippen LogP contribution in [0.25, 0.3) is 0 Å². The molecule has 0 fully saturated rings. The fourth-order valence-corrected chi connectivity index (χ4v) is 1.85. The fourth-order valence-electron chi connectivity index (χ4n) is 1.85. The zero-order valence-corrected chi connectivity index (χ0v) is 11.1. The molecule has 1 aromatic rings. The van der Waals surface area contributed by atoms with E-state index in [1.54, 1.807) is 0 Å². The van der Waals surface area contributed by atoms with Crippen molar-refractivity contribution in [2.75, 3.05) is 26.7 Å². The zero-order valence-electron chi connectivity index (χ0n) is 11.1. The molecule has 0 heterocycles. The van der Waals surface area contributed by atoms with Gasteiger partial charge in [-0.3, -0.25) is 4.90 Å². The van der Waals surface area contributed by atoms with Crippen LogP contribution in [0.3, 0.4) is 0 Å². The molecule has 3 nitrogen and oxygen atoms in total. The van der Waals surface area contributed by atoms with Crippen LogP contribution in [0.5, 0.6) is 0 Å². The average molecular weight is 236 g/mol. The summed E-state index contributed by atoms with van der Waals surface area (Å²) in [7, 11) is 2.10. The van der Waals surface area contributed by atoms with Gasteiger partial charge < -0.3 is 10.5 Å². The van der Waals surface area contributed by atoms with Gasteiger partial charge in [-0.1, -0.05) is 29.8 Å². The average Bonchev–Trinajstić information content (AvgIpc) is 2.31. The minimum Gasteiger partial charge on any atom is -0.376 e. The molecular formula is C14H24N2O. The van der Waals surface area contributed by atoms with E-state index in [-0.39, 0.29) is 6.10 Å². The van der Waals surface area contributed by atoms with E-state index >= 15 is 0 Å². The van der Waals surface area contributed by atoms with Crippen molar-refractivity contribution < 1.29 is 4.74 Å². The topological polar surface area (TPSA) is 38.5 Å². The van der Waals surface area contributed by atoms with Crippen LogP contribution in [-0.4, -0.2) is 37.7 Å². The van der Waals surface area contributed by atoms with E-state index in [9.17, 15) is 0 Å². The van der Waals surface area contributed by atoms with Crippen molar-refractivity contribution in [3.63, 3.8) is 0 Å². The Hall–Kier alpha value is -0.900. The van der Waals surface area contributed by atoms with Crippen molar-refractivity contribution in [2.45, 2.75) is 26.5 Å². The fraction of sp³-hybridized carbons (Fsp3) is 0.571. The molecule has 0 radical (unpaired) electrons. The Balaban J connectivity index is 2.42. The van der Waals surface area contributed by atoms with Crippen LogP contribution >= 0.6 is 0 Å². The molecule has 3 heteroatoms. The van der Waals surface area contributed by atoms with Gasteiger partial charge in [0.05, 0.1) is 6.10 Å². The molecule has 1 atom stereocenters. The predicted octanol–water partition coefficient (Wildman–Crippen LogP) is 1.79. The van der Waals surface area contributed by atoms with Crippen molar-refractivity contribution >= 4 is 0 Å². The zero-order chi connectivity index (χ0) is 12.7. The van der Waals surface area contributed by atoms with Crippen LogP contribution < -0.4 is 5.73 Å². The molecule has 0 spiro atoms. The Kier molecular flexibility index (Phi) is 6.19. The van der Waals surface area contributed by atoms with E-state index in [0.717, 1.165) is 19.7 Å². The van der Waals surface area contributed by atoms with Crippen LogP contribution in [0.4, 0.5) is 0 Å². The first-order chi connectivity index (χ1) is 8.15. The largest absolute Gasteiger partial charge is 0.376 e. The van der Waals surface area contributed by atoms with Crippen LogP contribution in [0, 0.1) is 6.92 Å². The number of nitrogens with two attached hydrogens (primary N) is 1. The summed E-state index contributed by atoms with van der Waals surface area (Å²) in [6.07, 6.45) is 0.135. The highest BCUT2D eigenvalue weighted by molar-refractivity contribution is 5.21. The smallest absolute Gasteiger partial charge is 0.0823 e. The summed E-state index contributed by atoms with van der Waals surface area (Å²) in [4.78, 5) is 2.25. The quantitative estimate of drug-likeness (QED) is 0.784. The maximum Gasteiger partial charge on any atom is 0.0823 e. The summed E-state index contributed by atoms with van der Waals surface area (Å²) in [5.74, 6) is 0. The van der Waals surface area contributed by atoms with E-state index in [4.69, 9.17) is 10.5 Å². The van der Waals surface area contributed by atoms with Crippen LogP contribution in [0.2, 0.25) is 0 Å². The Labute approximate surface area is 105 Å². The van der Waals surface area contributed by atoms with Crippen molar-refractivity contribution in [1.29, 1.82) is 0 Å². The molecule has 1 aromatic carbocycles. The van der Waals surface area contributed by atoms with Gasteiger partial charge >= 0.3 is 0 Å². The minimum atomic E-state index is 0.135. The number of aryl methyl sites for hydroxylation is 1. The van der Waals surface area contributed by atoms with E-state index in [1.165, 1.54) is 11.1 Å². The number of hydrogen-bond donors (Lipinski definition) is 1. The summed E-state index contributed by atoms with van der Waals surface area (Å²) >= 11 is 0. The summed E-state index contributed by atoms with van der Waals surface area (Å²) in [6.45, 7) is 7.21. The van der Waals surface area contributed by atoms with Crippen LogP contribution in [-0.2, 0) is 11.3 Å². The molecule has 0 amide bonds. The molecule has 0 saturated heterocycles. The van der Waals surface area contributed by atoms with E-state index in [0.29, 0.717) is 6.54 Å². The molecule has 0 aliphatic heterocycles. The molecule has 0 aliphatic rings. The van der Waals surface area contributed by atoms with Gasteiger partial charge in [-0.25, -0.2) is 0 Å². The lowest BCUT2D eigenvalue weighted by Crippen LogP contribution is -2.36. The monoisotopic (exact) mass is 236 g/mol. The van der Waals surface area contributed by atoms with Crippen molar-refractivity contribution in [2.24, 2.45) is 5.73 Å². The Morgan fingerprint density at radius 2 is 1.94 bits per heavy atom. The van der Waals surface area contributed by atoms with Gasteiger partial charge in [0, 0.05) is 26.2 Å². The number of benzene rings is 1. The highest BCUT2D eigenvalue weighted by atomic mass is 16.5.